The topological polar surface area (TPSA) is 12.0 Å². The summed E-state index contributed by atoms with van der Waals surface area (Å²) in [5.41, 5.74) is 9.00. The van der Waals surface area contributed by atoms with Crippen LogP contribution in [0.1, 0.15) is 16.7 Å². The Bertz CT molecular complexity index is 1130. The minimum atomic E-state index is 0.878. The monoisotopic (exact) mass is 379 g/mol. The zero-order valence-electron chi connectivity index (χ0n) is 15.8. The third-order valence-electron chi connectivity index (χ3n) is 5.23. The van der Waals surface area contributed by atoms with Crippen molar-refractivity contribution in [2.75, 3.05) is 11.9 Å². The van der Waals surface area contributed by atoms with E-state index in [1.165, 1.54) is 48.8 Å². The Kier molecular flexibility index (Phi) is 4.34. The summed E-state index contributed by atoms with van der Waals surface area (Å²) in [6, 6.07) is 30.5. The van der Waals surface area contributed by atoms with Crippen molar-refractivity contribution in [1.29, 1.82) is 0 Å². The van der Waals surface area contributed by atoms with Crippen LogP contribution >= 0.6 is 11.3 Å². The van der Waals surface area contributed by atoms with E-state index in [0.717, 1.165) is 6.54 Å². The Morgan fingerprint density at radius 3 is 2.07 bits per heavy atom. The van der Waals surface area contributed by atoms with Crippen LogP contribution in [-0.4, -0.2) is 6.54 Å². The van der Waals surface area contributed by atoms with Gasteiger partial charge in [0.2, 0.25) is 0 Å². The van der Waals surface area contributed by atoms with Gasteiger partial charge in [0.1, 0.15) is 0 Å². The first-order valence-electron chi connectivity index (χ1n) is 9.57. The number of nitrogens with one attached hydrogen (secondary N) is 1. The van der Waals surface area contributed by atoms with Crippen LogP contribution in [0.3, 0.4) is 0 Å². The van der Waals surface area contributed by atoms with Gasteiger partial charge < -0.3 is 5.32 Å². The Morgan fingerprint density at radius 1 is 0.714 bits per heavy atom. The van der Waals surface area contributed by atoms with Gasteiger partial charge in [0.15, 0.2) is 0 Å². The molecule has 0 spiro atoms. The van der Waals surface area contributed by atoms with E-state index in [-0.39, 0.29) is 0 Å². The second kappa shape index (κ2) is 7.14. The molecule has 5 rings (SSSR count). The fourth-order valence-corrected chi connectivity index (χ4v) is 4.66. The summed E-state index contributed by atoms with van der Waals surface area (Å²) in [6.45, 7) is 3.00. The molecule has 0 aliphatic carbocycles. The van der Waals surface area contributed by atoms with Crippen molar-refractivity contribution in [3.05, 3.63) is 102 Å². The van der Waals surface area contributed by atoms with Crippen molar-refractivity contribution >= 4 is 28.0 Å². The highest BCUT2D eigenvalue weighted by atomic mass is 32.1. The Labute approximate surface area is 170 Å². The van der Waals surface area contributed by atoms with Gasteiger partial charge in [-0.15, -0.1) is 11.3 Å². The largest absolute Gasteiger partial charge is 0.372 e. The predicted octanol–water partition coefficient (Wildman–Crippen LogP) is 7.36. The molecule has 136 valence electrons. The molecular weight excluding hydrogens is 358 g/mol. The maximum absolute atomic E-state index is 3.59. The lowest BCUT2D eigenvalue weighted by Gasteiger charge is -2.15. The van der Waals surface area contributed by atoms with Crippen molar-refractivity contribution in [3.63, 3.8) is 0 Å². The molecule has 2 heteroatoms. The van der Waals surface area contributed by atoms with E-state index in [0.29, 0.717) is 0 Å². The first kappa shape index (κ1) is 17.0. The van der Waals surface area contributed by atoms with Crippen LogP contribution in [-0.2, 0) is 0 Å². The first-order valence-corrected chi connectivity index (χ1v) is 10.4. The normalized spacial score (nSPS) is 12.8. The molecule has 28 heavy (non-hydrogen) atoms. The number of hydrogen-bond acceptors (Lipinski definition) is 2. The van der Waals surface area contributed by atoms with Gasteiger partial charge in [-0.1, -0.05) is 84.4 Å². The average molecular weight is 380 g/mol. The highest BCUT2D eigenvalue weighted by Crippen LogP contribution is 2.40. The molecule has 3 aromatic carbocycles. The molecule has 0 saturated heterocycles. The van der Waals surface area contributed by atoms with Gasteiger partial charge in [-0.2, -0.15) is 0 Å². The highest BCUT2D eigenvalue weighted by molar-refractivity contribution is 7.19. The van der Waals surface area contributed by atoms with Gasteiger partial charge in [-0.05, 0) is 46.9 Å². The maximum Gasteiger partial charge on any atom is 0.0965 e. The lowest BCUT2D eigenvalue weighted by atomic mass is 10.0. The summed E-state index contributed by atoms with van der Waals surface area (Å²) in [5, 5.41) is 4.86. The molecule has 0 atom stereocenters. The molecule has 0 saturated carbocycles. The van der Waals surface area contributed by atoms with Crippen LogP contribution in [0.15, 0.2) is 84.9 Å². The molecule has 1 aromatic heterocycles. The number of anilines is 1. The van der Waals surface area contributed by atoms with Crippen molar-refractivity contribution in [1.82, 2.24) is 0 Å². The van der Waals surface area contributed by atoms with Crippen LogP contribution in [0.4, 0.5) is 5.00 Å². The summed E-state index contributed by atoms with van der Waals surface area (Å²) in [7, 11) is 0. The van der Waals surface area contributed by atoms with Crippen molar-refractivity contribution in [2.24, 2.45) is 0 Å². The van der Waals surface area contributed by atoms with Gasteiger partial charge in [-0.3, -0.25) is 0 Å². The Morgan fingerprint density at radius 2 is 1.36 bits per heavy atom. The van der Waals surface area contributed by atoms with E-state index >= 15 is 0 Å². The van der Waals surface area contributed by atoms with Crippen LogP contribution in [0, 0.1) is 6.92 Å². The van der Waals surface area contributed by atoms with Crippen LogP contribution in [0.5, 0.6) is 0 Å². The minimum Gasteiger partial charge on any atom is -0.372 e. The van der Waals surface area contributed by atoms with Crippen molar-refractivity contribution < 1.29 is 0 Å². The Hall–Kier alpha value is -3.10. The first-order chi connectivity index (χ1) is 13.8. The smallest absolute Gasteiger partial charge is 0.0965 e. The maximum atomic E-state index is 3.59. The summed E-state index contributed by atoms with van der Waals surface area (Å²) in [5.74, 6) is 0. The molecule has 0 bridgehead atoms. The molecule has 1 N–H and O–H groups in total. The quantitative estimate of drug-likeness (QED) is 0.392. The Balaban J connectivity index is 1.43. The lowest BCUT2D eigenvalue weighted by molar-refractivity contribution is 1.35. The second-order valence-electron chi connectivity index (χ2n) is 7.23. The van der Waals surface area contributed by atoms with Gasteiger partial charge in [0.25, 0.3) is 0 Å². The molecular formula is C26H21NS. The molecule has 4 aromatic rings. The average Bonchev–Trinajstić information content (AvgIpc) is 3.18. The van der Waals surface area contributed by atoms with E-state index in [1.807, 2.05) is 11.3 Å². The third kappa shape index (κ3) is 3.28. The van der Waals surface area contributed by atoms with E-state index in [9.17, 15) is 0 Å². The number of fused-ring (bicyclic) bond motifs is 1. The molecule has 0 amide bonds. The highest BCUT2D eigenvalue weighted by Gasteiger charge is 2.15. The molecule has 1 aliphatic heterocycles. The molecule has 1 aliphatic rings. The molecule has 0 radical (unpaired) electrons. The number of rotatable bonds is 3. The fourth-order valence-electron chi connectivity index (χ4n) is 3.62. The second-order valence-corrected chi connectivity index (χ2v) is 8.28. The molecule has 1 nitrogen and oxygen atoms in total. The van der Waals surface area contributed by atoms with Crippen molar-refractivity contribution in [3.8, 4) is 21.6 Å². The summed E-state index contributed by atoms with van der Waals surface area (Å²) < 4.78 is 0. The summed E-state index contributed by atoms with van der Waals surface area (Å²) >= 11 is 1.83. The lowest BCUT2D eigenvalue weighted by Crippen LogP contribution is -2.07. The summed E-state index contributed by atoms with van der Waals surface area (Å²) in [4.78, 5) is 1.30. The zero-order valence-corrected chi connectivity index (χ0v) is 16.6. The predicted molar refractivity (Wildman–Crippen MR) is 123 cm³/mol. The van der Waals surface area contributed by atoms with E-state index in [2.05, 4.69) is 103 Å². The van der Waals surface area contributed by atoms with Crippen LogP contribution < -0.4 is 5.32 Å². The third-order valence-corrected chi connectivity index (χ3v) is 6.39. The number of thiophene rings is 1. The minimum absolute atomic E-state index is 0.878. The number of hydrogen-bond donors (Lipinski definition) is 1. The standard InChI is InChI=1S/C26H21NS/c1-18-7-9-20(10-8-18)21-11-13-22(14-12-21)25-16-23-15-24(17-27-26(23)28-25)19-5-3-2-4-6-19/h2-16,27H,17H2,1H3. The van der Waals surface area contributed by atoms with Gasteiger partial charge in [0, 0.05) is 17.0 Å². The van der Waals surface area contributed by atoms with E-state index < -0.39 is 0 Å². The van der Waals surface area contributed by atoms with Gasteiger partial charge >= 0.3 is 0 Å². The van der Waals surface area contributed by atoms with Gasteiger partial charge in [0.05, 0.1) is 5.00 Å². The molecule has 0 fully saturated rings. The van der Waals surface area contributed by atoms with Crippen molar-refractivity contribution in [2.45, 2.75) is 6.92 Å². The SMILES string of the molecule is Cc1ccc(-c2ccc(-c3cc4c(s3)NCC(c3ccccc3)=C4)cc2)cc1. The zero-order chi connectivity index (χ0) is 18.9. The van der Waals surface area contributed by atoms with E-state index in [4.69, 9.17) is 0 Å². The van der Waals surface area contributed by atoms with Gasteiger partial charge in [-0.25, -0.2) is 0 Å². The molecule has 0 unspecified atom stereocenters. The molecule has 2 heterocycles. The number of aryl methyl sites for hydroxylation is 1. The summed E-state index contributed by atoms with van der Waals surface area (Å²) in [6.07, 6.45) is 2.32. The van der Waals surface area contributed by atoms with Crippen LogP contribution in [0.25, 0.3) is 33.2 Å². The van der Waals surface area contributed by atoms with E-state index in [1.54, 1.807) is 0 Å². The number of benzene rings is 3. The van der Waals surface area contributed by atoms with Crippen LogP contribution in [0.2, 0.25) is 0 Å². The fraction of sp³-hybridized carbons (Fsp3) is 0.0769.